The Morgan fingerprint density at radius 1 is 1.40 bits per heavy atom. The van der Waals surface area contributed by atoms with Crippen LogP contribution in [0.2, 0.25) is 5.02 Å². The van der Waals surface area contributed by atoms with Gasteiger partial charge in [-0.15, -0.1) is 23.1 Å². The van der Waals surface area contributed by atoms with E-state index in [9.17, 15) is 20.0 Å². The molecular weight excluding hydrogens is 382 g/mol. The van der Waals surface area contributed by atoms with Crippen LogP contribution in [0.15, 0.2) is 39.3 Å². The number of pyridine rings is 1. The third-order valence-electron chi connectivity index (χ3n) is 3.20. The number of thiophene rings is 1. The smallest absolute Gasteiger partial charge is 0.252 e. The minimum Gasteiger partial charge on any atom is -0.506 e. The van der Waals surface area contributed by atoms with Crippen LogP contribution >= 0.6 is 34.7 Å². The molecule has 1 amide bonds. The van der Waals surface area contributed by atoms with Crippen LogP contribution in [0.25, 0.3) is 10.2 Å². The summed E-state index contributed by atoms with van der Waals surface area (Å²) >= 11 is 8.12. The number of aromatic nitrogens is 1. The van der Waals surface area contributed by atoms with E-state index in [0.29, 0.717) is 19.6 Å². The van der Waals surface area contributed by atoms with Crippen molar-refractivity contribution in [3.63, 3.8) is 0 Å². The van der Waals surface area contributed by atoms with Crippen molar-refractivity contribution in [3.8, 4) is 11.8 Å². The van der Waals surface area contributed by atoms with E-state index in [-0.39, 0.29) is 28.5 Å². The van der Waals surface area contributed by atoms with Gasteiger partial charge in [-0.3, -0.25) is 9.59 Å². The zero-order valence-electron chi connectivity index (χ0n) is 12.5. The van der Waals surface area contributed by atoms with Gasteiger partial charge in [0.05, 0.1) is 20.2 Å². The Morgan fingerprint density at radius 3 is 2.80 bits per heavy atom. The second kappa shape index (κ2) is 7.19. The number of fused-ring (bicyclic) bond motifs is 1. The molecule has 0 bridgehead atoms. The third kappa shape index (κ3) is 3.79. The number of aromatic hydroxyl groups is 1. The summed E-state index contributed by atoms with van der Waals surface area (Å²) in [5, 5.41) is 22.5. The van der Waals surface area contributed by atoms with Crippen molar-refractivity contribution in [2.45, 2.75) is 4.21 Å². The number of thioether (sulfide) groups is 1. The molecule has 126 valence electrons. The standard InChI is InChI=1S/C16H10ClN3O3S2/c17-8-1-3-9(4-2-8)19-13(23)7-24-16-10(6-18)14-15(25-16)11(21)5-12(22)20-14/h1-5H,7H2,(H,19,23)(H2,20,21,22). The van der Waals surface area contributed by atoms with E-state index in [1.165, 1.54) is 11.8 Å². The number of anilines is 1. The number of nitriles is 1. The molecule has 0 aliphatic carbocycles. The first kappa shape index (κ1) is 17.4. The fraction of sp³-hybridized carbons (Fsp3) is 0.0625. The van der Waals surface area contributed by atoms with Crippen molar-refractivity contribution >= 4 is 56.5 Å². The average Bonchev–Trinajstić information content (AvgIpc) is 2.93. The van der Waals surface area contributed by atoms with Crippen LogP contribution in [0.1, 0.15) is 5.56 Å². The number of halogens is 1. The highest BCUT2D eigenvalue weighted by molar-refractivity contribution is 8.02. The molecule has 25 heavy (non-hydrogen) atoms. The molecule has 0 saturated carbocycles. The van der Waals surface area contributed by atoms with Gasteiger partial charge in [-0.25, -0.2) is 0 Å². The fourth-order valence-corrected chi connectivity index (χ4v) is 4.39. The van der Waals surface area contributed by atoms with Gasteiger partial charge in [-0.2, -0.15) is 5.26 Å². The molecule has 0 radical (unpaired) electrons. The second-order valence-corrected chi connectivity index (χ2v) is 7.64. The first-order chi connectivity index (χ1) is 12.0. The minimum atomic E-state index is -0.490. The maximum absolute atomic E-state index is 12.1. The average molecular weight is 392 g/mol. The largest absolute Gasteiger partial charge is 0.506 e. The van der Waals surface area contributed by atoms with Gasteiger partial charge in [0, 0.05) is 16.8 Å². The number of benzene rings is 1. The van der Waals surface area contributed by atoms with Crippen molar-refractivity contribution in [1.29, 1.82) is 5.26 Å². The zero-order valence-corrected chi connectivity index (χ0v) is 14.9. The molecule has 0 unspecified atom stereocenters. The van der Waals surface area contributed by atoms with E-state index in [4.69, 9.17) is 11.6 Å². The first-order valence-corrected chi connectivity index (χ1v) is 9.13. The number of H-pyrrole nitrogens is 1. The molecule has 0 spiro atoms. The summed E-state index contributed by atoms with van der Waals surface area (Å²) in [5.74, 6) is -0.348. The van der Waals surface area contributed by atoms with Gasteiger partial charge in [0.1, 0.15) is 17.4 Å². The Morgan fingerprint density at radius 2 is 2.12 bits per heavy atom. The van der Waals surface area contributed by atoms with E-state index in [2.05, 4.69) is 10.3 Å². The summed E-state index contributed by atoms with van der Waals surface area (Å²) in [6.45, 7) is 0. The lowest BCUT2D eigenvalue weighted by atomic mass is 10.3. The lowest BCUT2D eigenvalue weighted by Gasteiger charge is -2.04. The maximum Gasteiger partial charge on any atom is 0.252 e. The Bertz CT molecular complexity index is 1050. The van der Waals surface area contributed by atoms with Gasteiger partial charge in [0.15, 0.2) is 0 Å². The molecule has 0 saturated heterocycles. The lowest BCUT2D eigenvalue weighted by molar-refractivity contribution is -0.113. The SMILES string of the molecule is N#Cc1c(SCC(=O)Nc2ccc(Cl)cc2)sc2c(O)cc(=O)[nH]c12. The van der Waals surface area contributed by atoms with Crippen molar-refractivity contribution in [2.75, 3.05) is 11.1 Å². The number of carbonyl (C=O) groups excluding carboxylic acids is 1. The summed E-state index contributed by atoms with van der Waals surface area (Å²) in [6.07, 6.45) is 0. The monoisotopic (exact) mass is 391 g/mol. The van der Waals surface area contributed by atoms with E-state index >= 15 is 0 Å². The lowest BCUT2D eigenvalue weighted by Crippen LogP contribution is -2.13. The van der Waals surface area contributed by atoms with Crippen LogP contribution in [0.3, 0.4) is 0 Å². The number of hydrogen-bond donors (Lipinski definition) is 3. The van der Waals surface area contributed by atoms with Gasteiger partial charge in [0.25, 0.3) is 5.56 Å². The highest BCUT2D eigenvalue weighted by Crippen LogP contribution is 2.39. The summed E-state index contributed by atoms with van der Waals surface area (Å²) in [4.78, 5) is 26.1. The van der Waals surface area contributed by atoms with Gasteiger partial charge in [-0.05, 0) is 24.3 Å². The third-order valence-corrected chi connectivity index (χ3v) is 5.93. The number of aromatic amines is 1. The summed E-state index contributed by atoms with van der Waals surface area (Å²) in [6, 6.07) is 9.79. The molecule has 2 heterocycles. The Kier molecular flexibility index (Phi) is 4.99. The second-order valence-electron chi connectivity index (χ2n) is 4.94. The number of amides is 1. The summed E-state index contributed by atoms with van der Waals surface area (Å²) in [5.41, 5.74) is 0.667. The van der Waals surface area contributed by atoms with E-state index in [0.717, 1.165) is 17.4 Å². The van der Waals surface area contributed by atoms with Crippen LogP contribution in [0.4, 0.5) is 5.69 Å². The zero-order chi connectivity index (χ0) is 18.0. The molecule has 1 aromatic carbocycles. The molecule has 0 aliphatic rings. The van der Waals surface area contributed by atoms with Gasteiger partial charge >= 0.3 is 0 Å². The molecule has 0 aliphatic heterocycles. The van der Waals surface area contributed by atoms with Crippen molar-refractivity contribution in [2.24, 2.45) is 0 Å². The van der Waals surface area contributed by atoms with Crippen LogP contribution in [0.5, 0.6) is 5.75 Å². The van der Waals surface area contributed by atoms with Gasteiger partial charge in [-0.1, -0.05) is 11.6 Å². The number of carbonyl (C=O) groups is 1. The highest BCUT2D eigenvalue weighted by Gasteiger charge is 2.17. The molecule has 3 N–H and O–H groups in total. The number of nitrogens with zero attached hydrogens (tertiary/aromatic N) is 1. The topological polar surface area (TPSA) is 106 Å². The normalized spacial score (nSPS) is 10.6. The van der Waals surface area contributed by atoms with Gasteiger partial charge in [0.2, 0.25) is 5.91 Å². The van der Waals surface area contributed by atoms with Crippen LogP contribution in [-0.4, -0.2) is 21.8 Å². The quantitative estimate of drug-likeness (QED) is 0.589. The fourth-order valence-electron chi connectivity index (χ4n) is 2.12. The molecular formula is C16H10ClN3O3S2. The molecule has 3 rings (SSSR count). The number of rotatable bonds is 4. The van der Waals surface area contributed by atoms with Crippen LogP contribution < -0.4 is 10.9 Å². The van der Waals surface area contributed by atoms with Crippen LogP contribution in [-0.2, 0) is 4.79 Å². The molecule has 3 aromatic rings. The van der Waals surface area contributed by atoms with Crippen molar-refractivity contribution in [1.82, 2.24) is 4.98 Å². The van der Waals surface area contributed by atoms with E-state index in [1.807, 2.05) is 6.07 Å². The first-order valence-electron chi connectivity index (χ1n) is 6.95. The Hall–Kier alpha value is -2.47. The summed E-state index contributed by atoms with van der Waals surface area (Å²) in [7, 11) is 0. The molecule has 6 nitrogen and oxygen atoms in total. The van der Waals surface area contributed by atoms with Gasteiger partial charge < -0.3 is 15.4 Å². The van der Waals surface area contributed by atoms with E-state index in [1.54, 1.807) is 24.3 Å². The predicted octanol–water partition coefficient (Wildman–Crippen LogP) is 3.55. The Labute approximate surface area is 155 Å². The molecule has 9 heteroatoms. The molecule has 2 aromatic heterocycles. The highest BCUT2D eigenvalue weighted by atomic mass is 35.5. The molecule has 0 fully saturated rings. The van der Waals surface area contributed by atoms with E-state index < -0.39 is 5.56 Å². The summed E-state index contributed by atoms with van der Waals surface area (Å²) < 4.78 is 0.970. The molecule has 0 atom stereocenters. The minimum absolute atomic E-state index is 0.0785. The Balaban J connectivity index is 1.78. The van der Waals surface area contributed by atoms with Crippen molar-refractivity contribution < 1.29 is 9.90 Å². The van der Waals surface area contributed by atoms with Crippen molar-refractivity contribution in [3.05, 3.63) is 51.3 Å². The number of hydrogen-bond acceptors (Lipinski definition) is 6. The van der Waals surface area contributed by atoms with Crippen LogP contribution in [0, 0.1) is 11.3 Å². The maximum atomic E-state index is 12.1. The number of nitrogens with one attached hydrogen (secondary N) is 2. The predicted molar refractivity (Wildman–Crippen MR) is 99.6 cm³/mol.